The van der Waals surface area contributed by atoms with E-state index in [-0.39, 0.29) is 0 Å². The standard InChI is InChI=1S/C12H12ClNO2S2/c1-8-7-12(9(2)17-8)18(15,16)14-11-6-4-3-5-10(11)13/h3-7,14H,1-2H3. The van der Waals surface area contributed by atoms with Crippen molar-refractivity contribution < 1.29 is 8.42 Å². The summed E-state index contributed by atoms with van der Waals surface area (Å²) in [5.74, 6) is 0. The summed E-state index contributed by atoms with van der Waals surface area (Å²) in [5, 5.41) is 0.380. The molecular weight excluding hydrogens is 290 g/mol. The fraction of sp³-hybridized carbons (Fsp3) is 0.167. The first kappa shape index (κ1) is 13.4. The first-order valence-corrected chi connectivity index (χ1v) is 7.92. The third-order valence-corrected chi connectivity index (χ3v) is 5.32. The first-order chi connectivity index (χ1) is 8.40. The number of aryl methyl sites for hydroxylation is 2. The molecule has 0 bridgehead atoms. The molecule has 2 rings (SSSR count). The van der Waals surface area contributed by atoms with Gasteiger partial charge >= 0.3 is 0 Å². The Balaban J connectivity index is 2.40. The maximum absolute atomic E-state index is 12.2. The van der Waals surface area contributed by atoms with Gasteiger partial charge in [-0.15, -0.1) is 11.3 Å². The second-order valence-electron chi connectivity index (χ2n) is 3.86. The van der Waals surface area contributed by atoms with Gasteiger partial charge in [0.1, 0.15) is 4.90 Å². The average molecular weight is 302 g/mol. The summed E-state index contributed by atoms with van der Waals surface area (Å²) in [4.78, 5) is 2.05. The normalized spacial score (nSPS) is 11.5. The van der Waals surface area contributed by atoms with Crippen molar-refractivity contribution in [2.45, 2.75) is 18.7 Å². The topological polar surface area (TPSA) is 46.2 Å². The molecule has 96 valence electrons. The fourth-order valence-corrected chi connectivity index (χ4v) is 4.49. The van der Waals surface area contributed by atoms with E-state index in [1.807, 2.05) is 6.92 Å². The Bertz CT molecular complexity index is 677. The molecule has 1 N–H and O–H groups in total. The first-order valence-electron chi connectivity index (χ1n) is 5.24. The lowest BCUT2D eigenvalue weighted by atomic mass is 10.3. The predicted octanol–water partition coefficient (Wildman–Crippen LogP) is 3.82. The second-order valence-corrected chi connectivity index (χ2v) is 7.38. The summed E-state index contributed by atoms with van der Waals surface area (Å²) < 4.78 is 27.0. The highest BCUT2D eigenvalue weighted by Crippen LogP contribution is 2.28. The van der Waals surface area contributed by atoms with Crippen LogP contribution in [0.15, 0.2) is 35.2 Å². The summed E-state index contributed by atoms with van der Waals surface area (Å²) in [6.45, 7) is 3.67. The van der Waals surface area contributed by atoms with Gasteiger partial charge in [0.2, 0.25) is 0 Å². The molecule has 0 fully saturated rings. The maximum atomic E-state index is 12.2. The van der Waals surface area contributed by atoms with Gasteiger partial charge in [-0.3, -0.25) is 4.72 Å². The van der Waals surface area contributed by atoms with Crippen molar-refractivity contribution in [1.29, 1.82) is 0 Å². The zero-order valence-corrected chi connectivity index (χ0v) is 12.3. The Hall–Kier alpha value is -1.04. The third-order valence-electron chi connectivity index (χ3n) is 2.40. The number of hydrogen-bond acceptors (Lipinski definition) is 3. The predicted molar refractivity (Wildman–Crippen MR) is 76.1 cm³/mol. The van der Waals surface area contributed by atoms with Crippen molar-refractivity contribution in [3.63, 3.8) is 0 Å². The summed E-state index contributed by atoms with van der Waals surface area (Å²) >= 11 is 7.40. The SMILES string of the molecule is Cc1cc(S(=O)(=O)Nc2ccccc2Cl)c(C)s1. The Morgan fingerprint density at radius 1 is 1.22 bits per heavy atom. The molecule has 18 heavy (non-hydrogen) atoms. The van der Waals surface area contributed by atoms with Crippen molar-refractivity contribution in [2.75, 3.05) is 4.72 Å². The van der Waals surface area contributed by atoms with E-state index in [9.17, 15) is 8.42 Å². The highest BCUT2D eigenvalue weighted by Gasteiger charge is 2.19. The van der Waals surface area contributed by atoms with E-state index in [2.05, 4.69) is 4.72 Å². The molecule has 0 atom stereocenters. The average Bonchev–Trinajstić information content (AvgIpc) is 2.62. The van der Waals surface area contributed by atoms with Crippen LogP contribution < -0.4 is 4.72 Å². The van der Waals surface area contributed by atoms with Gasteiger partial charge in [0, 0.05) is 9.75 Å². The van der Waals surface area contributed by atoms with Gasteiger partial charge in [-0.05, 0) is 32.0 Å². The summed E-state index contributed by atoms with van der Waals surface area (Å²) in [6, 6.07) is 8.42. The molecule has 0 aliphatic rings. The molecule has 2 aromatic rings. The molecule has 1 aromatic carbocycles. The minimum atomic E-state index is -3.57. The summed E-state index contributed by atoms with van der Waals surface area (Å²) in [6.07, 6.45) is 0. The van der Waals surface area contributed by atoms with Crippen LogP contribution in [-0.4, -0.2) is 8.42 Å². The molecule has 1 heterocycles. The van der Waals surface area contributed by atoms with Crippen LogP contribution in [0.4, 0.5) is 5.69 Å². The van der Waals surface area contributed by atoms with Gasteiger partial charge in [-0.25, -0.2) is 8.42 Å². The van der Waals surface area contributed by atoms with Crippen molar-refractivity contribution in [3.05, 3.63) is 45.1 Å². The monoisotopic (exact) mass is 301 g/mol. The number of sulfonamides is 1. The lowest BCUT2D eigenvalue weighted by Gasteiger charge is -2.08. The van der Waals surface area contributed by atoms with Gasteiger partial charge < -0.3 is 0 Å². The number of thiophene rings is 1. The molecule has 0 radical (unpaired) electrons. The Labute approximate surface area is 115 Å². The van der Waals surface area contributed by atoms with Crippen LogP contribution in [0.1, 0.15) is 9.75 Å². The lowest BCUT2D eigenvalue weighted by molar-refractivity contribution is 0.601. The zero-order valence-electron chi connectivity index (χ0n) is 9.90. The quantitative estimate of drug-likeness (QED) is 0.937. The molecule has 1 aromatic heterocycles. The van der Waals surface area contributed by atoms with Gasteiger partial charge in [-0.2, -0.15) is 0 Å². The van der Waals surface area contributed by atoms with Crippen LogP contribution in [-0.2, 0) is 10.0 Å². The number of anilines is 1. The highest BCUT2D eigenvalue weighted by molar-refractivity contribution is 7.93. The number of hydrogen-bond donors (Lipinski definition) is 1. The molecule has 3 nitrogen and oxygen atoms in total. The van der Waals surface area contributed by atoms with Gasteiger partial charge in [-0.1, -0.05) is 23.7 Å². The van der Waals surface area contributed by atoms with Crippen LogP contribution in [0.25, 0.3) is 0 Å². The van der Waals surface area contributed by atoms with Gasteiger partial charge in [0.15, 0.2) is 0 Å². The number of halogens is 1. The molecule has 0 aliphatic heterocycles. The van der Waals surface area contributed by atoms with Crippen LogP contribution in [0.2, 0.25) is 5.02 Å². The van der Waals surface area contributed by atoms with Crippen LogP contribution in [0, 0.1) is 13.8 Å². The number of nitrogens with one attached hydrogen (secondary N) is 1. The Morgan fingerprint density at radius 2 is 1.89 bits per heavy atom. The molecule has 6 heteroatoms. The second kappa shape index (κ2) is 4.91. The number of benzene rings is 1. The van der Waals surface area contributed by atoms with E-state index in [0.717, 1.165) is 9.75 Å². The molecule has 0 aliphatic carbocycles. The summed E-state index contributed by atoms with van der Waals surface area (Å²) in [5.41, 5.74) is 0.391. The van der Waals surface area contributed by atoms with Crippen molar-refractivity contribution >= 4 is 38.6 Å². The van der Waals surface area contributed by atoms with Crippen molar-refractivity contribution in [3.8, 4) is 0 Å². The summed E-state index contributed by atoms with van der Waals surface area (Å²) in [7, 11) is -3.57. The Morgan fingerprint density at radius 3 is 2.44 bits per heavy atom. The van der Waals surface area contributed by atoms with Crippen molar-refractivity contribution in [1.82, 2.24) is 0 Å². The third kappa shape index (κ3) is 2.68. The lowest BCUT2D eigenvalue weighted by Crippen LogP contribution is -2.13. The van der Waals surface area contributed by atoms with E-state index < -0.39 is 10.0 Å². The maximum Gasteiger partial charge on any atom is 0.263 e. The van der Waals surface area contributed by atoms with E-state index in [0.29, 0.717) is 15.6 Å². The molecule has 0 amide bonds. The molecule has 0 saturated carbocycles. The van der Waals surface area contributed by atoms with Crippen LogP contribution in [0.3, 0.4) is 0 Å². The van der Waals surface area contributed by atoms with E-state index in [4.69, 9.17) is 11.6 Å². The molecule has 0 unspecified atom stereocenters. The molecule has 0 saturated heterocycles. The van der Waals surface area contributed by atoms with Crippen molar-refractivity contribution in [2.24, 2.45) is 0 Å². The van der Waals surface area contributed by atoms with E-state index in [1.165, 1.54) is 11.3 Å². The number of rotatable bonds is 3. The van der Waals surface area contributed by atoms with Gasteiger partial charge in [0.25, 0.3) is 10.0 Å². The van der Waals surface area contributed by atoms with E-state index >= 15 is 0 Å². The highest BCUT2D eigenvalue weighted by atomic mass is 35.5. The number of para-hydroxylation sites is 1. The zero-order chi connectivity index (χ0) is 13.3. The molecular formula is C12H12ClNO2S2. The smallest absolute Gasteiger partial charge is 0.263 e. The largest absolute Gasteiger partial charge is 0.278 e. The van der Waals surface area contributed by atoms with Crippen LogP contribution >= 0.6 is 22.9 Å². The van der Waals surface area contributed by atoms with Crippen LogP contribution in [0.5, 0.6) is 0 Å². The Kier molecular flexibility index (Phi) is 3.66. The van der Waals surface area contributed by atoms with Gasteiger partial charge in [0.05, 0.1) is 10.7 Å². The fourth-order valence-electron chi connectivity index (χ4n) is 1.62. The van der Waals surface area contributed by atoms with E-state index in [1.54, 1.807) is 37.3 Å². The molecule has 0 spiro atoms. The minimum Gasteiger partial charge on any atom is -0.278 e. The minimum absolute atomic E-state index is 0.310.